The molecule has 0 heterocycles. The van der Waals surface area contributed by atoms with Crippen molar-refractivity contribution in [3.63, 3.8) is 0 Å². The quantitative estimate of drug-likeness (QED) is 0.641. The van der Waals surface area contributed by atoms with Gasteiger partial charge in [-0.2, -0.15) is 0 Å². The van der Waals surface area contributed by atoms with E-state index in [-0.39, 0.29) is 23.0 Å². The Morgan fingerprint density at radius 3 is 2.30 bits per heavy atom. The van der Waals surface area contributed by atoms with Gasteiger partial charge in [-0.15, -0.1) is 0 Å². The molecule has 1 fully saturated rings. The van der Waals surface area contributed by atoms with E-state index in [0.717, 1.165) is 18.7 Å². The number of nitrogens with one attached hydrogen (secondary N) is 3. The summed E-state index contributed by atoms with van der Waals surface area (Å²) in [7, 11) is -4.06. The van der Waals surface area contributed by atoms with Crippen LogP contribution in [-0.4, -0.2) is 27.4 Å². The first-order valence-electron chi connectivity index (χ1n) is 8.42. The standard InChI is InChI=1S/C18H19F2N3O3S/c19-16-8-7-15(9-17(16)20)27(25,26)23-14-5-3-13(4-6-14)22-18(24)11-21-10-12-1-2-12/h3-9,12,21,23H,1-2,10-11H2,(H,22,24). The summed E-state index contributed by atoms with van der Waals surface area (Å²) in [5.74, 6) is -1.88. The Balaban J connectivity index is 1.57. The highest BCUT2D eigenvalue weighted by molar-refractivity contribution is 7.92. The number of hydrogen-bond acceptors (Lipinski definition) is 4. The highest BCUT2D eigenvalue weighted by Crippen LogP contribution is 2.27. The molecule has 3 N–H and O–H groups in total. The Bertz CT molecular complexity index is 929. The van der Waals surface area contributed by atoms with Gasteiger partial charge in [0.2, 0.25) is 5.91 Å². The van der Waals surface area contributed by atoms with Crippen molar-refractivity contribution < 1.29 is 22.0 Å². The predicted octanol–water partition coefficient (Wildman–Crippen LogP) is 2.70. The lowest BCUT2D eigenvalue weighted by Gasteiger charge is -2.10. The summed E-state index contributed by atoms with van der Waals surface area (Å²) < 4.78 is 52.9. The number of sulfonamides is 1. The van der Waals surface area contributed by atoms with Crippen molar-refractivity contribution in [2.24, 2.45) is 5.92 Å². The SMILES string of the molecule is O=C(CNCC1CC1)Nc1ccc(NS(=O)(=O)c2ccc(F)c(F)c2)cc1. The first-order chi connectivity index (χ1) is 12.8. The van der Waals surface area contributed by atoms with Crippen molar-refractivity contribution in [1.82, 2.24) is 5.32 Å². The van der Waals surface area contributed by atoms with Gasteiger partial charge in [-0.25, -0.2) is 17.2 Å². The number of carbonyl (C=O) groups excluding carboxylic acids is 1. The third-order valence-corrected chi connectivity index (χ3v) is 5.42. The van der Waals surface area contributed by atoms with Crippen molar-refractivity contribution in [2.45, 2.75) is 17.7 Å². The summed E-state index contributed by atoms with van der Waals surface area (Å²) >= 11 is 0. The minimum atomic E-state index is -4.06. The molecule has 27 heavy (non-hydrogen) atoms. The summed E-state index contributed by atoms with van der Waals surface area (Å²) in [5.41, 5.74) is 0.744. The maximum Gasteiger partial charge on any atom is 0.261 e. The Morgan fingerprint density at radius 2 is 1.67 bits per heavy atom. The number of halogens is 2. The van der Waals surface area contributed by atoms with Crippen LogP contribution in [0.1, 0.15) is 12.8 Å². The molecule has 0 aromatic heterocycles. The summed E-state index contributed by atoms with van der Waals surface area (Å²) in [6.07, 6.45) is 2.41. The lowest BCUT2D eigenvalue weighted by Crippen LogP contribution is -2.29. The first-order valence-corrected chi connectivity index (χ1v) is 9.90. The number of benzene rings is 2. The molecule has 0 unspecified atom stereocenters. The molecule has 0 saturated heterocycles. The van der Waals surface area contributed by atoms with E-state index in [4.69, 9.17) is 0 Å². The highest BCUT2D eigenvalue weighted by atomic mass is 32.2. The molecule has 2 aromatic carbocycles. The molecular weight excluding hydrogens is 376 g/mol. The van der Waals surface area contributed by atoms with Gasteiger partial charge in [0.1, 0.15) is 0 Å². The number of amides is 1. The number of rotatable bonds is 8. The molecule has 0 radical (unpaired) electrons. The second-order valence-electron chi connectivity index (χ2n) is 6.38. The van der Waals surface area contributed by atoms with Crippen molar-refractivity contribution in [3.8, 4) is 0 Å². The molecule has 0 atom stereocenters. The van der Waals surface area contributed by atoms with Gasteiger partial charge in [0.15, 0.2) is 11.6 Å². The van der Waals surface area contributed by atoms with Gasteiger partial charge in [0.05, 0.1) is 11.4 Å². The Labute approximate surface area is 156 Å². The molecule has 0 aliphatic heterocycles. The van der Waals surface area contributed by atoms with Gasteiger partial charge >= 0.3 is 0 Å². The molecule has 1 amide bonds. The molecule has 6 nitrogen and oxygen atoms in total. The van der Waals surface area contributed by atoms with E-state index in [2.05, 4.69) is 15.4 Å². The largest absolute Gasteiger partial charge is 0.325 e. The van der Waals surface area contributed by atoms with E-state index >= 15 is 0 Å². The molecule has 3 rings (SSSR count). The summed E-state index contributed by atoms with van der Waals surface area (Å²) in [4.78, 5) is 11.4. The van der Waals surface area contributed by atoms with Crippen LogP contribution in [0.2, 0.25) is 0 Å². The fraction of sp³-hybridized carbons (Fsp3) is 0.278. The van der Waals surface area contributed by atoms with E-state index in [1.54, 1.807) is 12.1 Å². The van der Waals surface area contributed by atoms with Gasteiger partial charge in [-0.3, -0.25) is 9.52 Å². The molecule has 0 bridgehead atoms. The molecule has 9 heteroatoms. The van der Waals surface area contributed by atoms with Crippen LogP contribution in [0.25, 0.3) is 0 Å². The minimum absolute atomic E-state index is 0.189. The molecule has 1 saturated carbocycles. The van der Waals surface area contributed by atoms with Crippen molar-refractivity contribution >= 4 is 27.3 Å². The third kappa shape index (κ3) is 5.48. The molecule has 144 valence electrons. The molecule has 1 aliphatic rings. The van der Waals surface area contributed by atoms with Crippen LogP contribution in [0.3, 0.4) is 0 Å². The molecule has 0 spiro atoms. The number of hydrogen-bond donors (Lipinski definition) is 3. The average Bonchev–Trinajstić information content (AvgIpc) is 3.43. The van der Waals surface area contributed by atoms with Gasteiger partial charge in [-0.1, -0.05) is 0 Å². The molecule has 1 aliphatic carbocycles. The van der Waals surface area contributed by atoms with Crippen LogP contribution < -0.4 is 15.4 Å². The predicted molar refractivity (Wildman–Crippen MR) is 97.8 cm³/mol. The Kier molecular flexibility index (Phi) is 5.71. The van der Waals surface area contributed by atoms with Crippen LogP contribution in [0, 0.1) is 17.6 Å². The van der Waals surface area contributed by atoms with Crippen molar-refractivity contribution in [3.05, 3.63) is 54.1 Å². The first kappa shape index (κ1) is 19.2. The Hall–Kier alpha value is -2.52. The van der Waals surface area contributed by atoms with Gasteiger partial charge in [0, 0.05) is 11.4 Å². The van der Waals surface area contributed by atoms with E-state index < -0.39 is 21.7 Å². The van der Waals surface area contributed by atoms with Crippen molar-refractivity contribution in [1.29, 1.82) is 0 Å². The van der Waals surface area contributed by atoms with Crippen LogP contribution >= 0.6 is 0 Å². The maximum absolute atomic E-state index is 13.2. The maximum atomic E-state index is 13.2. The molecular formula is C18H19F2N3O3S. The smallest absolute Gasteiger partial charge is 0.261 e. The second kappa shape index (κ2) is 8.01. The lowest BCUT2D eigenvalue weighted by atomic mass is 10.3. The van der Waals surface area contributed by atoms with Crippen LogP contribution in [0.5, 0.6) is 0 Å². The monoisotopic (exact) mass is 395 g/mol. The van der Waals surface area contributed by atoms with Crippen LogP contribution in [0.4, 0.5) is 20.2 Å². The summed E-state index contributed by atoms with van der Waals surface area (Å²) in [5, 5.41) is 5.78. The number of carbonyl (C=O) groups is 1. The van der Waals surface area contributed by atoms with E-state index in [1.165, 1.54) is 25.0 Å². The summed E-state index contributed by atoms with van der Waals surface area (Å²) in [6, 6.07) is 8.35. The van der Waals surface area contributed by atoms with Gasteiger partial charge in [0.25, 0.3) is 10.0 Å². The van der Waals surface area contributed by atoms with Crippen LogP contribution in [0.15, 0.2) is 47.4 Å². The normalized spacial score (nSPS) is 14.0. The van der Waals surface area contributed by atoms with E-state index in [1.807, 2.05) is 0 Å². The highest BCUT2D eigenvalue weighted by Gasteiger charge is 2.20. The van der Waals surface area contributed by atoms with Gasteiger partial charge in [-0.05, 0) is 67.8 Å². The van der Waals surface area contributed by atoms with Gasteiger partial charge < -0.3 is 10.6 Å². The average molecular weight is 395 g/mol. The Morgan fingerprint density at radius 1 is 1.00 bits per heavy atom. The van der Waals surface area contributed by atoms with E-state index in [0.29, 0.717) is 17.7 Å². The second-order valence-corrected chi connectivity index (χ2v) is 8.06. The third-order valence-electron chi connectivity index (χ3n) is 4.04. The zero-order valence-corrected chi connectivity index (χ0v) is 15.2. The zero-order valence-electron chi connectivity index (χ0n) is 14.3. The topological polar surface area (TPSA) is 87.3 Å². The fourth-order valence-electron chi connectivity index (χ4n) is 2.40. The number of anilines is 2. The lowest BCUT2D eigenvalue weighted by molar-refractivity contribution is -0.115. The molecule has 2 aromatic rings. The van der Waals surface area contributed by atoms with E-state index in [9.17, 15) is 22.0 Å². The van der Waals surface area contributed by atoms with Crippen LogP contribution in [-0.2, 0) is 14.8 Å². The summed E-state index contributed by atoms with van der Waals surface area (Å²) in [6.45, 7) is 1.04. The zero-order chi connectivity index (χ0) is 19.4. The fourth-order valence-corrected chi connectivity index (χ4v) is 3.47. The minimum Gasteiger partial charge on any atom is -0.325 e. The van der Waals surface area contributed by atoms with Crippen molar-refractivity contribution in [2.75, 3.05) is 23.1 Å².